The summed E-state index contributed by atoms with van der Waals surface area (Å²) in [6.07, 6.45) is 3.15. The molecule has 7 nitrogen and oxygen atoms in total. The van der Waals surface area contributed by atoms with E-state index in [0.29, 0.717) is 5.82 Å². The van der Waals surface area contributed by atoms with E-state index in [1.54, 1.807) is 37.1 Å². The summed E-state index contributed by atoms with van der Waals surface area (Å²) >= 11 is 0. The Labute approximate surface area is 111 Å². The van der Waals surface area contributed by atoms with Crippen LogP contribution in [0.3, 0.4) is 0 Å². The highest BCUT2D eigenvalue weighted by atomic mass is 32.2. The molecule has 2 rings (SSSR count). The molecule has 0 aliphatic carbocycles. The summed E-state index contributed by atoms with van der Waals surface area (Å²) in [6.45, 7) is 0.177. The number of pyridine rings is 1. The number of hydrogen-bond acceptors (Lipinski definition) is 5. The lowest BCUT2D eigenvalue weighted by atomic mass is 10.4. The number of anilines is 1. The molecule has 0 aromatic carbocycles. The molecule has 0 saturated heterocycles. The van der Waals surface area contributed by atoms with E-state index >= 15 is 0 Å². The maximum Gasteiger partial charge on any atom is 0.244 e. The molecule has 0 saturated carbocycles. The third-order valence-corrected chi connectivity index (χ3v) is 4.10. The Kier molecular flexibility index (Phi) is 3.82. The molecule has 0 fully saturated rings. The van der Waals surface area contributed by atoms with E-state index in [1.165, 1.54) is 12.3 Å². The number of hydrogen-bond donors (Lipinski definition) is 2. The van der Waals surface area contributed by atoms with Gasteiger partial charge in [0, 0.05) is 26.5 Å². The highest BCUT2D eigenvalue weighted by Crippen LogP contribution is 2.17. The normalized spacial score (nSPS) is 11.5. The second kappa shape index (κ2) is 5.37. The van der Waals surface area contributed by atoms with Crippen molar-refractivity contribution in [3.05, 3.63) is 36.3 Å². The number of rotatable bonds is 5. The molecular weight excluding hydrogens is 266 g/mol. The monoisotopic (exact) mass is 281 g/mol. The summed E-state index contributed by atoms with van der Waals surface area (Å²) in [5.41, 5.74) is 0.776. The average Bonchev–Trinajstić information content (AvgIpc) is 2.82. The Balaban J connectivity index is 2.21. The summed E-state index contributed by atoms with van der Waals surface area (Å²) in [6, 6.07) is 4.84. The van der Waals surface area contributed by atoms with Crippen LogP contribution >= 0.6 is 0 Å². The zero-order chi connectivity index (χ0) is 13.9. The molecule has 2 aromatic heterocycles. The van der Waals surface area contributed by atoms with Crippen LogP contribution in [0.2, 0.25) is 0 Å². The average molecular weight is 281 g/mol. The van der Waals surface area contributed by atoms with Crippen molar-refractivity contribution in [2.24, 2.45) is 7.05 Å². The van der Waals surface area contributed by atoms with E-state index in [0.717, 1.165) is 5.69 Å². The summed E-state index contributed by atoms with van der Waals surface area (Å²) in [4.78, 5) is 4.10. The van der Waals surface area contributed by atoms with Gasteiger partial charge in [0.2, 0.25) is 10.0 Å². The standard InChI is InChI=1S/C11H15N5O2S/c1-12-11-10(4-3-6-13-11)19(17,18)15-8-9-5-7-14-16(9)2/h3-7,15H,8H2,1-2H3,(H,12,13). The zero-order valence-corrected chi connectivity index (χ0v) is 11.5. The molecule has 0 atom stereocenters. The summed E-state index contributed by atoms with van der Waals surface area (Å²) in [7, 11) is -0.228. The van der Waals surface area contributed by atoms with Crippen LogP contribution in [0.4, 0.5) is 5.82 Å². The van der Waals surface area contributed by atoms with E-state index in [2.05, 4.69) is 20.1 Å². The van der Waals surface area contributed by atoms with Gasteiger partial charge in [-0.25, -0.2) is 18.1 Å². The van der Waals surface area contributed by atoms with Crippen molar-refractivity contribution in [1.82, 2.24) is 19.5 Å². The molecule has 0 bridgehead atoms. The van der Waals surface area contributed by atoms with Crippen molar-refractivity contribution >= 4 is 15.8 Å². The minimum absolute atomic E-state index is 0.125. The van der Waals surface area contributed by atoms with Gasteiger partial charge in [-0.2, -0.15) is 5.10 Å². The van der Waals surface area contributed by atoms with Crippen LogP contribution in [0.5, 0.6) is 0 Å². The zero-order valence-electron chi connectivity index (χ0n) is 10.7. The fourth-order valence-electron chi connectivity index (χ4n) is 1.62. The highest BCUT2D eigenvalue weighted by Gasteiger charge is 2.18. The Morgan fingerprint density at radius 2 is 2.11 bits per heavy atom. The van der Waals surface area contributed by atoms with E-state index in [9.17, 15) is 8.42 Å². The van der Waals surface area contributed by atoms with Gasteiger partial charge in [0.15, 0.2) is 0 Å². The van der Waals surface area contributed by atoms with Gasteiger partial charge in [-0.3, -0.25) is 4.68 Å². The van der Waals surface area contributed by atoms with Crippen LogP contribution < -0.4 is 10.0 Å². The van der Waals surface area contributed by atoms with E-state index in [1.807, 2.05) is 0 Å². The minimum Gasteiger partial charge on any atom is -0.372 e. The van der Waals surface area contributed by atoms with Crippen LogP contribution in [0.25, 0.3) is 0 Å². The molecule has 2 heterocycles. The lowest BCUT2D eigenvalue weighted by Crippen LogP contribution is -2.25. The Morgan fingerprint density at radius 3 is 2.74 bits per heavy atom. The first-order valence-corrected chi connectivity index (χ1v) is 7.12. The van der Waals surface area contributed by atoms with Crippen molar-refractivity contribution in [1.29, 1.82) is 0 Å². The number of sulfonamides is 1. The Morgan fingerprint density at radius 1 is 1.32 bits per heavy atom. The fraction of sp³-hybridized carbons (Fsp3) is 0.273. The molecule has 102 valence electrons. The molecule has 0 unspecified atom stereocenters. The first-order valence-electron chi connectivity index (χ1n) is 5.64. The van der Waals surface area contributed by atoms with Crippen molar-refractivity contribution in [2.75, 3.05) is 12.4 Å². The van der Waals surface area contributed by atoms with E-state index in [-0.39, 0.29) is 11.4 Å². The van der Waals surface area contributed by atoms with Gasteiger partial charge in [-0.15, -0.1) is 0 Å². The maximum atomic E-state index is 12.2. The van der Waals surface area contributed by atoms with Crippen LogP contribution in [-0.4, -0.2) is 30.2 Å². The molecule has 0 spiro atoms. The second-order valence-electron chi connectivity index (χ2n) is 3.87. The van der Waals surface area contributed by atoms with Crippen molar-refractivity contribution < 1.29 is 8.42 Å². The molecule has 0 amide bonds. The number of aromatic nitrogens is 3. The summed E-state index contributed by atoms with van der Waals surface area (Å²) in [5, 5.41) is 6.74. The van der Waals surface area contributed by atoms with Crippen LogP contribution in [0, 0.1) is 0 Å². The van der Waals surface area contributed by atoms with Crippen molar-refractivity contribution in [3.8, 4) is 0 Å². The minimum atomic E-state index is -3.61. The quantitative estimate of drug-likeness (QED) is 0.824. The Hall–Kier alpha value is -1.93. The number of nitrogens with one attached hydrogen (secondary N) is 2. The topological polar surface area (TPSA) is 88.9 Å². The number of nitrogens with zero attached hydrogens (tertiary/aromatic N) is 3. The molecule has 0 aliphatic rings. The van der Waals surface area contributed by atoms with E-state index < -0.39 is 10.0 Å². The van der Waals surface area contributed by atoms with Gasteiger partial charge >= 0.3 is 0 Å². The van der Waals surface area contributed by atoms with Gasteiger partial charge < -0.3 is 5.32 Å². The highest BCUT2D eigenvalue weighted by molar-refractivity contribution is 7.89. The SMILES string of the molecule is CNc1ncccc1S(=O)(=O)NCc1ccnn1C. The molecule has 8 heteroatoms. The van der Waals surface area contributed by atoms with Crippen LogP contribution in [-0.2, 0) is 23.6 Å². The van der Waals surface area contributed by atoms with Gasteiger partial charge in [-0.05, 0) is 18.2 Å². The largest absolute Gasteiger partial charge is 0.372 e. The lowest BCUT2D eigenvalue weighted by Gasteiger charge is -2.10. The third-order valence-electron chi connectivity index (χ3n) is 2.66. The summed E-state index contributed by atoms with van der Waals surface area (Å²) in [5.74, 6) is 0.319. The van der Waals surface area contributed by atoms with Crippen molar-refractivity contribution in [3.63, 3.8) is 0 Å². The van der Waals surface area contributed by atoms with Crippen LogP contribution in [0.15, 0.2) is 35.5 Å². The molecule has 0 aliphatic heterocycles. The van der Waals surface area contributed by atoms with Crippen molar-refractivity contribution in [2.45, 2.75) is 11.4 Å². The van der Waals surface area contributed by atoms with Crippen LogP contribution in [0.1, 0.15) is 5.69 Å². The first kappa shape index (κ1) is 13.5. The number of aryl methyl sites for hydroxylation is 1. The maximum absolute atomic E-state index is 12.2. The molecule has 2 N–H and O–H groups in total. The molecule has 2 aromatic rings. The van der Waals surface area contributed by atoms with Gasteiger partial charge in [0.1, 0.15) is 10.7 Å². The molecule has 0 radical (unpaired) electrons. The summed E-state index contributed by atoms with van der Waals surface area (Å²) < 4.78 is 28.5. The van der Waals surface area contributed by atoms with Gasteiger partial charge in [0.25, 0.3) is 0 Å². The Bertz CT molecular complexity index is 665. The smallest absolute Gasteiger partial charge is 0.244 e. The second-order valence-corrected chi connectivity index (χ2v) is 5.61. The molecule has 19 heavy (non-hydrogen) atoms. The predicted molar refractivity (Wildman–Crippen MR) is 71.0 cm³/mol. The molecular formula is C11H15N5O2S. The van der Waals surface area contributed by atoms with E-state index in [4.69, 9.17) is 0 Å². The fourth-order valence-corrected chi connectivity index (χ4v) is 2.78. The third kappa shape index (κ3) is 2.91. The van der Waals surface area contributed by atoms with Gasteiger partial charge in [-0.1, -0.05) is 0 Å². The predicted octanol–water partition coefficient (Wildman–Crippen LogP) is 0.335. The lowest BCUT2D eigenvalue weighted by molar-refractivity contribution is 0.577. The van der Waals surface area contributed by atoms with Gasteiger partial charge in [0.05, 0.1) is 12.2 Å². The first-order chi connectivity index (χ1) is 9.04.